The zero-order chi connectivity index (χ0) is 30.7. The van der Waals surface area contributed by atoms with Crippen LogP contribution in [0.2, 0.25) is 0 Å². The summed E-state index contributed by atoms with van der Waals surface area (Å²) >= 11 is 1.23. The van der Waals surface area contributed by atoms with E-state index in [1.165, 1.54) is 23.0 Å². The van der Waals surface area contributed by atoms with Crippen LogP contribution >= 0.6 is 11.3 Å². The number of fused-ring (bicyclic) bond motifs is 1. The fourth-order valence-electron chi connectivity index (χ4n) is 5.23. The Morgan fingerprint density at radius 1 is 1.07 bits per heavy atom. The monoisotopic (exact) mass is 605 g/mol. The van der Waals surface area contributed by atoms with Gasteiger partial charge in [-0.2, -0.15) is 0 Å². The molecular formula is C32H35N3O7S. The van der Waals surface area contributed by atoms with Gasteiger partial charge in [0, 0.05) is 13.1 Å². The van der Waals surface area contributed by atoms with Crippen molar-refractivity contribution < 1.29 is 28.5 Å². The molecule has 0 saturated carbocycles. The molecule has 1 saturated heterocycles. The SMILES string of the molecule is COc1cccc([C@H]2C(C(=O)OC(C)C)=C(C)N=c3s/c(=C\c4ccc(OCC(=O)N5CCCC5)c(OC)c4)c(=O)n32)c1. The van der Waals surface area contributed by atoms with Gasteiger partial charge < -0.3 is 23.8 Å². The summed E-state index contributed by atoms with van der Waals surface area (Å²) in [7, 11) is 3.09. The molecule has 0 N–H and O–H groups in total. The Hall–Kier alpha value is -4.38. The van der Waals surface area contributed by atoms with Crippen molar-refractivity contribution in [1.82, 2.24) is 9.47 Å². The van der Waals surface area contributed by atoms with Crippen LogP contribution in [0.3, 0.4) is 0 Å². The first-order valence-electron chi connectivity index (χ1n) is 14.2. The van der Waals surface area contributed by atoms with Crippen molar-refractivity contribution in [2.75, 3.05) is 33.9 Å². The number of likely N-dealkylation sites (tertiary alicyclic amines) is 1. The molecule has 226 valence electrons. The van der Waals surface area contributed by atoms with Gasteiger partial charge in [0.15, 0.2) is 22.9 Å². The van der Waals surface area contributed by atoms with E-state index in [4.69, 9.17) is 18.9 Å². The van der Waals surface area contributed by atoms with Crippen LogP contribution in [0.4, 0.5) is 0 Å². The maximum absolute atomic E-state index is 14.0. The molecule has 0 radical (unpaired) electrons. The Morgan fingerprint density at radius 2 is 1.84 bits per heavy atom. The molecule has 1 aromatic heterocycles. The number of hydrogen-bond acceptors (Lipinski definition) is 9. The summed E-state index contributed by atoms with van der Waals surface area (Å²) < 4.78 is 24.3. The van der Waals surface area contributed by atoms with Gasteiger partial charge >= 0.3 is 5.97 Å². The molecule has 0 aliphatic carbocycles. The first-order chi connectivity index (χ1) is 20.7. The van der Waals surface area contributed by atoms with Crippen molar-refractivity contribution in [3.05, 3.63) is 84.5 Å². The predicted octanol–water partition coefficient (Wildman–Crippen LogP) is 3.21. The third-order valence-electron chi connectivity index (χ3n) is 7.29. The molecule has 3 aromatic rings. The van der Waals surface area contributed by atoms with E-state index in [1.807, 2.05) is 12.1 Å². The highest BCUT2D eigenvalue weighted by molar-refractivity contribution is 7.07. The molecule has 5 rings (SSSR count). The molecule has 2 aliphatic rings. The Labute approximate surface area is 253 Å². The van der Waals surface area contributed by atoms with E-state index < -0.39 is 12.0 Å². The van der Waals surface area contributed by atoms with Crippen LogP contribution < -0.4 is 29.1 Å². The molecule has 10 nitrogen and oxygen atoms in total. The molecule has 0 spiro atoms. The smallest absolute Gasteiger partial charge is 0.338 e. The van der Waals surface area contributed by atoms with Crippen molar-refractivity contribution in [3.8, 4) is 17.2 Å². The van der Waals surface area contributed by atoms with Gasteiger partial charge in [-0.3, -0.25) is 14.2 Å². The quantitative estimate of drug-likeness (QED) is 0.345. The topological polar surface area (TPSA) is 109 Å². The minimum atomic E-state index is -0.752. The number of ether oxygens (including phenoxy) is 4. The zero-order valence-electron chi connectivity index (χ0n) is 24.9. The van der Waals surface area contributed by atoms with Crippen LogP contribution in [0.5, 0.6) is 17.2 Å². The molecule has 3 heterocycles. The third-order valence-corrected chi connectivity index (χ3v) is 8.27. The number of amides is 1. The number of esters is 1. The lowest BCUT2D eigenvalue weighted by Crippen LogP contribution is -2.40. The normalized spacial score (nSPS) is 16.7. The van der Waals surface area contributed by atoms with E-state index >= 15 is 0 Å². The average molecular weight is 606 g/mol. The van der Waals surface area contributed by atoms with Crippen LogP contribution in [0.1, 0.15) is 50.8 Å². The van der Waals surface area contributed by atoms with E-state index in [-0.39, 0.29) is 24.2 Å². The molecule has 11 heteroatoms. The van der Waals surface area contributed by atoms with Crippen LogP contribution in [0.15, 0.2) is 63.5 Å². The summed E-state index contributed by atoms with van der Waals surface area (Å²) in [5.74, 6) is 0.904. The highest BCUT2D eigenvalue weighted by atomic mass is 32.1. The van der Waals surface area contributed by atoms with Gasteiger partial charge in [0.2, 0.25) is 0 Å². The summed E-state index contributed by atoms with van der Waals surface area (Å²) in [5, 5.41) is 0. The van der Waals surface area contributed by atoms with Crippen molar-refractivity contribution in [2.24, 2.45) is 4.99 Å². The average Bonchev–Trinajstić information content (AvgIpc) is 3.63. The zero-order valence-corrected chi connectivity index (χ0v) is 25.7. The number of hydrogen-bond donors (Lipinski definition) is 0. The molecule has 2 aromatic carbocycles. The van der Waals surface area contributed by atoms with Gasteiger partial charge in [-0.1, -0.05) is 29.5 Å². The van der Waals surface area contributed by atoms with Crippen molar-refractivity contribution >= 4 is 29.3 Å². The van der Waals surface area contributed by atoms with E-state index in [2.05, 4.69) is 4.99 Å². The summed E-state index contributed by atoms with van der Waals surface area (Å²) in [6, 6.07) is 11.8. The number of aromatic nitrogens is 1. The Bertz CT molecular complexity index is 1750. The highest BCUT2D eigenvalue weighted by Crippen LogP contribution is 2.33. The van der Waals surface area contributed by atoms with Crippen LogP contribution in [0, 0.1) is 0 Å². The van der Waals surface area contributed by atoms with Crippen molar-refractivity contribution in [2.45, 2.75) is 45.8 Å². The van der Waals surface area contributed by atoms with Crippen LogP contribution in [0.25, 0.3) is 6.08 Å². The van der Waals surface area contributed by atoms with Crippen LogP contribution in [-0.2, 0) is 14.3 Å². The summed E-state index contributed by atoms with van der Waals surface area (Å²) in [6.07, 6.45) is 3.43. The molecule has 2 aliphatic heterocycles. The summed E-state index contributed by atoms with van der Waals surface area (Å²) in [6.45, 7) is 6.75. The van der Waals surface area contributed by atoms with Gasteiger partial charge in [-0.25, -0.2) is 9.79 Å². The maximum atomic E-state index is 14.0. The number of allylic oxidation sites excluding steroid dienone is 1. The van der Waals surface area contributed by atoms with E-state index in [9.17, 15) is 14.4 Å². The second-order valence-corrected chi connectivity index (χ2v) is 11.6. The Balaban J connectivity index is 1.53. The standard InChI is InChI=1S/C32H35N3O7S/c1-19(2)42-31(38)28-20(3)33-32-35(29(28)22-9-8-10-23(17-22)39-4)30(37)26(43-32)16-21-11-12-24(25(15-21)40-5)41-18-27(36)34-13-6-7-14-34/h8-12,15-17,19,29H,6-7,13-14,18H2,1-5H3/b26-16-/t29-/m0/s1. The molecular weight excluding hydrogens is 570 g/mol. The van der Waals surface area contributed by atoms with E-state index in [0.29, 0.717) is 49.0 Å². The number of benzene rings is 2. The minimum absolute atomic E-state index is 0.0535. The molecule has 0 bridgehead atoms. The lowest BCUT2D eigenvalue weighted by molar-refractivity contribution is -0.143. The molecule has 1 fully saturated rings. The first-order valence-corrected chi connectivity index (χ1v) is 15.0. The number of carbonyl (C=O) groups excluding carboxylic acids is 2. The Morgan fingerprint density at radius 3 is 2.53 bits per heavy atom. The van der Waals surface area contributed by atoms with E-state index in [1.54, 1.807) is 69.2 Å². The number of nitrogens with zero attached hydrogens (tertiary/aromatic N) is 3. The fourth-order valence-corrected chi connectivity index (χ4v) is 6.28. The fraction of sp³-hybridized carbons (Fsp3) is 0.375. The van der Waals surface area contributed by atoms with Gasteiger partial charge in [-0.05, 0) is 75.1 Å². The summed E-state index contributed by atoms with van der Waals surface area (Å²) in [5.41, 5.74) is 1.89. The lowest BCUT2D eigenvalue weighted by atomic mass is 9.95. The number of methoxy groups -OCH3 is 2. The second kappa shape index (κ2) is 12.9. The van der Waals surface area contributed by atoms with Gasteiger partial charge in [-0.15, -0.1) is 0 Å². The second-order valence-electron chi connectivity index (χ2n) is 10.6. The minimum Gasteiger partial charge on any atom is -0.497 e. The predicted molar refractivity (Wildman–Crippen MR) is 162 cm³/mol. The lowest BCUT2D eigenvalue weighted by Gasteiger charge is -2.25. The van der Waals surface area contributed by atoms with Gasteiger partial charge in [0.05, 0.1) is 42.2 Å². The molecule has 43 heavy (non-hydrogen) atoms. The maximum Gasteiger partial charge on any atom is 0.338 e. The van der Waals surface area contributed by atoms with Crippen molar-refractivity contribution in [1.29, 1.82) is 0 Å². The summed E-state index contributed by atoms with van der Waals surface area (Å²) in [4.78, 5) is 46.6. The largest absolute Gasteiger partial charge is 0.497 e. The third kappa shape index (κ3) is 6.36. The molecule has 1 amide bonds. The number of rotatable bonds is 9. The number of thiazole rings is 1. The Kier molecular flexibility index (Phi) is 9.00. The molecule has 0 unspecified atom stereocenters. The number of carbonyl (C=O) groups is 2. The van der Waals surface area contributed by atoms with Gasteiger partial charge in [0.1, 0.15) is 5.75 Å². The molecule has 1 atom stereocenters. The van der Waals surface area contributed by atoms with Crippen molar-refractivity contribution in [3.63, 3.8) is 0 Å². The van der Waals surface area contributed by atoms with E-state index in [0.717, 1.165) is 25.9 Å². The van der Waals surface area contributed by atoms with Crippen LogP contribution in [-0.4, -0.2) is 61.4 Å². The van der Waals surface area contributed by atoms with Gasteiger partial charge in [0.25, 0.3) is 11.5 Å². The highest BCUT2D eigenvalue weighted by Gasteiger charge is 2.34. The first kappa shape index (κ1) is 30.1.